The predicted octanol–water partition coefficient (Wildman–Crippen LogP) is 7.43. The molecule has 0 atom stereocenters. The SMILES string of the molecule is CCOC(=O)c1c(-c2ccc(C(C)(C)C)cc2)c2cc(C(=O)C3CC3)ccc2n1Cc1cccc(OC)c1. The molecule has 1 heterocycles. The van der Waals surface area contributed by atoms with E-state index in [1.807, 2.05) is 54.0 Å². The monoisotopic (exact) mass is 509 g/mol. The van der Waals surface area contributed by atoms with Gasteiger partial charge in [-0.1, -0.05) is 57.2 Å². The van der Waals surface area contributed by atoms with Crippen molar-refractivity contribution >= 4 is 22.7 Å². The van der Waals surface area contributed by atoms with E-state index in [-0.39, 0.29) is 29.7 Å². The zero-order valence-electron chi connectivity index (χ0n) is 22.8. The number of benzene rings is 3. The number of fused-ring (bicyclic) bond motifs is 1. The highest BCUT2D eigenvalue weighted by Crippen LogP contribution is 2.39. The summed E-state index contributed by atoms with van der Waals surface area (Å²) in [7, 11) is 1.64. The fourth-order valence-electron chi connectivity index (χ4n) is 5.05. The molecule has 0 radical (unpaired) electrons. The van der Waals surface area contributed by atoms with Crippen LogP contribution in [0.5, 0.6) is 5.75 Å². The predicted molar refractivity (Wildman–Crippen MR) is 151 cm³/mol. The highest BCUT2D eigenvalue weighted by Gasteiger charge is 2.32. The van der Waals surface area contributed by atoms with Crippen molar-refractivity contribution in [3.05, 3.63) is 89.1 Å². The van der Waals surface area contributed by atoms with Crippen LogP contribution in [0.1, 0.15) is 72.5 Å². The van der Waals surface area contributed by atoms with E-state index in [0.717, 1.165) is 46.2 Å². The topological polar surface area (TPSA) is 57.5 Å². The molecular weight excluding hydrogens is 474 g/mol. The van der Waals surface area contributed by atoms with Crippen LogP contribution in [0.3, 0.4) is 0 Å². The van der Waals surface area contributed by atoms with Crippen LogP contribution in [0.4, 0.5) is 0 Å². The highest BCUT2D eigenvalue weighted by molar-refractivity contribution is 6.11. The van der Waals surface area contributed by atoms with E-state index < -0.39 is 0 Å². The van der Waals surface area contributed by atoms with Gasteiger partial charge in [-0.3, -0.25) is 4.79 Å². The minimum absolute atomic E-state index is 0.00667. The molecule has 5 rings (SSSR count). The number of nitrogens with zero attached hydrogens (tertiary/aromatic N) is 1. The van der Waals surface area contributed by atoms with Crippen molar-refractivity contribution < 1.29 is 19.1 Å². The number of carbonyl (C=O) groups is 2. The zero-order chi connectivity index (χ0) is 27.0. The van der Waals surface area contributed by atoms with Gasteiger partial charge < -0.3 is 14.0 Å². The summed E-state index contributed by atoms with van der Waals surface area (Å²) in [6, 6.07) is 22.1. The summed E-state index contributed by atoms with van der Waals surface area (Å²) >= 11 is 0. The molecule has 0 spiro atoms. The number of carbonyl (C=O) groups excluding carboxylic acids is 2. The minimum atomic E-state index is -0.378. The molecule has 4 aromatic rings. The lowest BCUT2D eigenvalue weighted by Gasteiger charge is -2.19. The number of hydrogen-bond acceptors (Lipinski definition) is 4. The van der Waals surface area contributed by atoms with Gasteiger partial charge in [-0.2, -0.15) is 0 Å². The van der Waals surface area contributed by atoms with Crippen molar-refractivity contribution in [1.29, 1.82) is 0 Å². The number of aromatic nitrogens is 1. The van der Waals surface area contributed by atoms with Crippen molar-refractivity contribution in [2.24, 2.45) is 5.92 Å². The van der Waals surface area contributed by atoms with E-state index >= 15 is 0 Å². The van der Waals surface area contributed by atoms with E-state index in [1.54, 1.807) is 7.11 Å². The molecule has 1 aliphatic carbocycles. The average molecular weight is 510 g/mol. The van der Waals surface area contributed by atoms with E-state index in [4.69, 9.17) is 9.47 Å². The van der Waals surface area contributed by atoms with E-state index in [9.17, 15) is 9.59 Å². The maximum atomic E-state index is 13.6. The van der Waals surface area contributed by atoms with Gasteiger partial charge in [-0.05, 0) is 72.2 Å². The molecule has 1 aromatic heterocycles. The maximum Gasteiger partial charge on any atom is 0.355 e. The standard InChI is InChI=1S/C33H35NO4/c1-6-38-32(36)30-29(22-12-15-25(16-13-22)33(2,3)4)27-19-24(31(35)23-10-11-23)14-17-28(27)34(30)20-21-8-7-9-26(18-21)37-5/h7-9,12-19,23H,6,10-11,20H2,1-5H3. The van der Waals surface area contributed by atoms with Crippen LogP contribution < -0.4 is 4.74 Å². The number of esters is 1. The van der Waals surface area contributed by atoms with Crippen molar-refractivity contribution in [2.45, 2.75) is 52.5 Å². The lowest BCUT2D eigenvalue weighted by Crippen LogP contribution is -2.14. The van der Waals surface area contributed by atoms with Gasteiger partial charge in [0, 0.05) is 34.5 Å². The quantitative estimate of drug-likeness (QED) is 0.183. The van der Waals surface area contributed by atoms with Gasteiger partial charge in [-0.15, -0.1) is 0 Å². The number of hydrogen-bond donors (Lipinski definition) is 0. The third-order valence-electron chi connectivity index (χ3n) is 7.28. The first kappa shape index (κ1) is 25.8. The third-order valence-corrected chi connectivity index (χ3v) is 7.28. The molecule has 1 aliphatic rings. The molecule has 0 amide bonds. The van der Waals surface area contributed by atoms with Crippen molar-refractivity contribution in [3.63, 3.8) is 0 Å². The molecular formula is C33H35NO4. The molecule has 1 saturated carbocycles. The first-order valence-corrected chi connectivity index (χ1v) is 13.3. The lowest BCUT2D eigenvalue weighted by molar-refractivity contribution is 0.0516. The fraction of sp³-hybridized carbons (Fsp3) is 0.333. The number of rotatable bonds is 8. The van der Waals surface area contributed by atoms with Crippen LogP contribution in [0.25, 0.3) is 22.0 Å². The summed E-state index contributed by atoms with van der Waals surface area (Å²) in [4.78, 5) is 26.6. The summed E-state index contributed by atoms with van der Waals surface area (Å²) in [5.74, 6) is 0.674. The molecule has 38 heavy (non-hydrogen) atoms. The van der Waals surface area contributed by atoms with E-state index in [0.29, 0.717) is 17.8 Å². The molecule has 0 saturated heterocycles. The molecule has 196 valence electrons. The second-order valence-corrected chi connectivity index (χ2v) is 11.1. The molecule has 0 unspecified atom stereocenters. The number of ketones is 1. The van der Waals surface area contributed by atoms with Crippen LogP contribution in [-0.2, 0) is 16.7 Å². The highest BCUT2D eigenvalue weighted by atomic mass is 16.5. The number of ether oxygens (including phenoxy) is 2. The Kier molecular flexibility index (Phi) is 6.87. The minimum Gasteiger partial charge on any atom is -0.497 e. The van der Waals surface area contributed by atoms with Gasteiger partial charge in [0.2, 0.25) is 0 Å². The van der Waals surface area contributed by atoms with Gasteiger partial charge in [0.05, 0.1) is 13.7 Å². The Morgan fingerprint density at radius 1 is 0.974 bits per heavy atom. The van der Waals surface area contributed by atoms with Gasteiger partial charge in [0.25, 0.3) is 0 Å². The molecule has 0 aliphatic heterocycles. The smallest absolute Gasteiger partial charge is 0.355 e. The Bertz CT molecular complexity index is 1500. The second-order valence-electron chi connectivity index (χ2n) is 11.1. The lowest BCUT2D eigenvalue weighted by atomic mass is 9.86. The Morgan fingerprint density at radius 3 is 2.34 bits per heavy atom. The number of methoxy groups -OCH3 is 1. The molecule has 3 aromatic carbocycles. The van der Waals surface area contributed by atoms with Crippen LogP contribution in [0.2, 0.25) is 0 Å². The first-order valence-electron chi connectivity index (χ1n) is 13.3. The Hall–Kier alpha value is -3.86. The zero-order valence-corrected chi connectivity index (χ0v) is 22.8. The van der Waals surface area contributed by atoms with Crippen molar-refractivity contribution in [1.82, 2.24) is 4.57 Å². The molecule has 1 fully saturated rings. The van der Waals surface area contributed by atoms with Crippen LogP contribution in [0, 0.1) is 5.92 Å². The van der Waals surface area contributed by atoms with Crippen LogP contribution in [0.15, 0.2) is 66.7 Å². The van der Waals surface area contributed by atoms with Crippen LogP contribution in [-0.4, -0.2) is 30.0 Å². The fourth-order valence-corrected chi connectivity index (χ4v) is 5.05. The Labute approximate surface area is 224 Å². The largest absolute Gasteiger partial charge is 0.497 e. The Morgan fingerprint density at radius 2 is 1.71 bits per heavy atom. The van der Waals surface area contributed by atoms with Gasteiger partial charge in [0.15, 0.2) is 5.78 Å². The van der Waals surface area contributed by atoms with Crippen molar-refractivity contribution in [3.8, 4) is 16.9 Å². The summed E-state index contributed by atoms with van der Waals surface area (Å²) in [5.41, 5.74) is 6.01. The van der Waals surface area contributed by atoms with Gasteiger partial charge in [0.1, 0.15) is 11.4 Å². The van der Waals surface area contributed by atoms with Crippen LogP contribution >= 0.6 is 0 Å². The summed E-state index contributed by atoms with van der Waals surface area (Å²) in [5, 5.41) is 0.881. The molecule has 5 heteroatoms. The summed E-state index contributed by atoms with van der Waals surface area (Å²) in [6.07, 6.45) is 1.89. The normalized spacial score (nSPS) is 13.5. The maximum absolute atomic E-state index is 13.6. The molecule has 0 N–H and O–H groups in total. The summed E-state index contributed by atoms with van der Waals surface area (Å²) in [6.45, 7) is 9.09. The van der Waals surface area contributed by atoms with Gasteiger partial charge in [-0.25, -0.2) is 4.79 Å². The Balaban J connectivity index is 1.76. The average Bonchev–Trinajstić information content (AvgIpc) is 3.71. The third kappa shape index (κ3) is 4.98. The second kappa shape index (κ2) is 10.1. The summed E-state index contributed by atoms with van der Waals surface area (Å²) < 4.78 is 13.1. The van der Waals surface area contributed by atoms with E-state index in [1.165, 1.54) is 5.56 Å². The van der Waals surface area contributed by atoms with Gasteiger partial charge >= 0.3 is 5.97 Å². The molecule has 5 nitrogen and oxygen atoms in total. The van der Waals surface area contributed by atoms with E-state index in [2.05, 4.69) is 45.0 Å². The number of Topliss-reactive ketones (excluding diaryl/α,β-unsaturated/α-hetero) is 1. The molecule has 0 bridgehead atoms. The van der Waals surface area contributed by atoms with Crippen molar-refractivity contribution in [2.75, 3.05) is 13.7 Å². The first-order chi connectivity index (χ1) is 18.2.